The molecule has 6 heteroatoms. The number of fused-ring (bicyclic) bond motifs is 3. The Balaban J connectivity index is 0.00000525. The van der Waals surface area contributed by atoms with Crippen LogP contribution in [0.25, 0.3) is 61.0 Å². The van der Waals surface area contributed by atoms with Gasteiger partial charge >= 0.3 is 0 Å². The van der Waals surface area contributed by atoms with Gasteiger partial charge in [0.1, 0.15) is 11.5 Å². The maximum Gasteiger partial charge on any atom is 0.136 e. The standard InChI is InChI=1S/C61H44N4O.Pt/c1-62-55-33-15-17-35-57(55)65(66)50-29-18-28-48(41-50)61(46-24-10-4-11-25-46,47-26-12-5-13-27-47)49-36-37-54-53-30-14-16-34-56(53)64(58(54)42-49)59-40-45(38-39-63-59)60-51(43-20-6-2-7-21-43)31-19-32-52(60)44-22-8-3-9-23-44;/h2-40,62,66H,1H3;/q-2;/p+1. The van der Waals surface area contributed by atoms with Gasteiger partial charge in [0.15, 0.2) is 0 Å². The first-order valence-electron chi connectivity index (χ1n) is 22.2. The molecule has 5 nitrogen and oxygen atoms in total. The van der Waals surface area contributed by atoms with Gasteiger partial charge in [0.25, 0.3) is 0 Å². The molecular weight excluding hydrogens is 1000 g/mol. The van der Waals surface area contributed by atoms with Crippen molar-refractivity contribution in [2.75, 3.05) is 17.4 Å². The number of hydrogen-bond acceptors (Lipinski definition) is 3. The molecular formula is C61H45N4OPt-. The van der Waals surface area contributed by atoms with Gasteiger partial charge in [0.2, 0.25) is 0 Å². The third-order valence-electron chi connectivity index (χ3n) is 12.7. The van der Waals surface area contributed by atoms with Gasteiger partial charge in [-0.1, -0.05) is 175 Å². The van der Waals surface area contributed by atoms with Gasteiger partial charge < -0.3 is 15.1 Å². The maximum atomic E-state index is 9.45. The predicted molar refractivity (Wildman–Crippen MR) is 273 cm³/mol. The van der Waals surface area contributed by atoms with Crippen LogP contribution >= 0.6 is 0 Å². The Morgan fingerprint density at radius 2 is 1.09 bits per heavy atom. The van der Waals surface area contributed by atoms with E-state index >= 15 is 0 Å². The summed E-state index contributed by atoms with van der Waals surface area (Å²) in [4.78, 5) is 5.16. The monoisotopic (exact) mass is 1040 g/mol. The van der Waals surface area contributed by atoms with Crippen LogP contribution in [0.5, 0.6) is 0 Å². The molecule has 0 amide bonds. The minimum absolute atomic E-state index is 0. The van der Waals surface area contributed by atoms with Crippen LogP contribution < -0.4 is 10.4 Å². The molecule has 11 aromatic rings. The van der Waals surface area contributed by atoms with Gasteiger partial charge in [-0.3, -0.25) is 0 Å². The molecule has 67 heavy (non-hydrogen) atoms. The van der Waals surface area contributed by atoms with E-state index in [1.807, 2.05) is 49.6 Å². The molecule has 0 atom stereocenters. The van der Waals surface area contributed by atoms with Crippen LogP contribution in [0.4, 0.5) is 17.1 Å². The molecule has 11 rings (SSSR count). The third kappa shape index (κ3) is 7.62. The number of aromatic nitrogens is 2. The molecule has 0 aliphatic carbocycles. The molecule has 0 spiro atoms. The van der Waals surface area contributed by atoms with Crippen LogP contribution in [-0.2, 0) is 26.5 Å². The first-order valence-corrected chi connectivity index (χ1v) is 22.2. The summed E-state index contributed by atoms with van der Waals surface area (Å²) in [6, 6.07) is 88.3. The second-order valence-electron chi connectivity index (χ2n) is 16.4. The van der Waals surface area contributed by atoms with E-state index in [9.17, 15) is 5.21 Å². The molecule has 2 heterocycles. The van der Waals surface area contributed by atoms with Crippen LogP contribution in [0.1, 0.15) is 22.3 Å². The Labute approximate surface area is 405 Å². The van der Waals surface area contributed by atoms with Gasteiger partial charge in [0, 0.05) is 50.9 Å². The Hall–Kier alpha value is -7.82. The molecule has 0 radical (unpaired) electrons. The number of benzene rings is 9. The zero-order chi connectivity index (χ0) is 44.5. The first-order chi connectivity index (χ1) is 32.6. The molecule has 0 aliphatic rings. The first kappa shape index (κ1) is 43.1. The van der Waals surface area contributed by atoms with Gasteiger partial charge in [-0.2, -0.15) is 30.3 Å². The fourth-order valence-corrected chi connectivity index (χ4v) is 9.75. The number of nitrogens with one attached hydrogen (secondary N) is 1. The fraction of sp³-hybridized carbons (Fsp3) is 0.0328. The van der Waals surface area contributed by atoms with E-state index in [-0.39, 0.29) is 21.1 Å². The smallest absolute Gasteiger partial charge is 0.136 e. The maximum absolute atomic E-state index is 9.45. The van der Waals surface area contributed by atoms with Gasteiger partial charge in [-0.15, -0.1) is 33.7 Å². The van der Waals surface area contributed by atoms with Crippen LogP contribution in [0.3, 0.4) is 0 Å². The molecule has 0 aliphatic heterocycles. The zero-order valence-electron chi connectivity index (χ0n) is 36.7. The minimum atomic E-state index is -0.897. The van der Waals surface area contributed by atoms with E-state index in [1.165, 1.54) is 5.06 Å². The van der Waals surface area contributed by atoms with Crippen LogP contribution in [-0.4, -0.2) is 21.8 Å². The van der Waals surface area contributed by atoms with Crippen molar-refractivity contribution in [1.82, 2.24) is 9.55 Å². The number of nitrogens with zero attached hydrogens (tertiary/aromatic N) is 3. The fourth-order valence-electron chi connectivity index (χ4n) is 9.75. The van der Waals surface area contributed by atoms with Crippen LogP contribution in [0.15, 0.2) is 237 Å². The summed E-state index contributed by atoms with van der Waals surface area (Å²) >= 11 is 0. The van der Waals surface area contributed by atoms with E-state index in [0.717, 1.165) is 94.6 Å². The average Bonchev–Trinajstić information content (AvgIpc) is 3.73. The molecule has 0 bridgehead atoms. The summed E-state index contributed by atoms with van der Waals surface area (Å²) in [5.74, 6) is 0.792. The number of anilines is 3. The van der Waals surface area contributed by atoms with Crippen molar-refractivity contribution >= 4 is 38.9 Å². The molecule has 0 unspecified atom stereocenters. The van der Waals surface area contributed by atoms with Crippen LogP contribution in [0, 0.1) is 12.1 Å². The molecule has 0 saturated heterocycles. The molecule has 9 aromatic carbocycles. The number of pyridine rings is 1. The summed E-state index contributed by atoms with van der Waals surface area (Å²) in [6.45, 7) is 0. The largest absolute Gasteiger partial charge is 0.386 e. The third-order valence-corrected chi connectivity index (χ3v) is 12.7. The van der Waals surface area contributed by atoms with Crippen molar-refractivity contribution in [2.24, 2.45) is 0 Å². The van der Waals surface area contributed by atoms with Crippen molar-refractivity contribution in [1.29, 1.82) is 0 Å². The predicted octanol–water partition coefficient (Wildman–Crippen LogP) is 14.0. The second-order valence-corrected chi connectivity index (χ2v) is 16.4. The molecule has 3 N–H and O–H groups in total. The van der Waals surface area contributed by atoms with E-state index in [4.69, 9.17) is 4.98 Å². The van der Waals surface area contributed by atoms with Gasteiger partial charge in [0.05, 0.1) is 5.69 Å². The Kier molecular flexibility index (Phi) is 11.9. The van der Waals surface area contributed by atoms with Crippen molar-refractivity contribution < 1.29 is 26.3 Å². The Bertz CT molecular complexity index is 3390. The minimum Gasteiger partial charge on any atom is -0.386 e. The van der Waals surface area contributed by atoms with Crippen LogP contribution in [0.2, 0.25) is 0 Å². The zero-order valence-corrected chi connectivity index (χ0v) is 38.9. The van der Waals surface area contributed by atoms with Gasteiger partial charge in [-0.05, 0) is 80.2 Å². The van der Waals surface area contributed by atoms with Crippen molar-refractivity contribution in [3.63, 3.8) is 0 Å². The number of rotatable bonds is 11. The SMILES string of the molecule is CNc1ccccc1N([OH2+])c1[c-]c(C(c2[c-]c3c(cc2)c2ccccc2n3-c2cc(-c3c(-c4ccccc4)cccc3-c3ccccc3)ccn2)(c2ccccc2)c2ccccc2)ccc1.[Pt]. The molecule has 2 aromatic heterocycles. The Morgan fingerprint density at radius 3 is 1.75 bits per heavy atom. The molecule has 0 fully saturated rings. The van der Waals surface area contributed by atoms with E-state index in [1.54, 1.807) is 0 Å². The van der Waals surface area contributed by atoms with E-state index < -0.39 is 5.41 Å². The Morgan fingerprint density at radius 1 is 0.522 bits per heavy atom. The van der Waals surface area contributed by atoms with Gasteiger partial charge in [-0.25, -0.2) is 4.98 Å². The van der Waals surface area contributed by atoms with Crippen molar-refractivity contribution in [3.05, 3.63) is 271 Å². The summed E-state index contributed by atoms with van der Waals surface area (Å²) < 4.78 is 2.27. The summed E-state index contributed by atoms with van der Waals surface area (Å²) in [5, 5.41) is 16.4. The quantitative estimate of drug-likeness (QED) is 0.0608. The number of hydrogen-bond donors (Lipinski definition) is 1. The summed E-state index contributed by atoms with van der Waals surface area (Å²) in [5.41, 5.74) is 14.0. The normalized spacial score (nSPS) is 11.3. The molecule has 326 valence electrons. The van der Waals surface area contributed by atoms with Crippen molar-refractivity contribution in [3.8, 4) is 39.2 Å². The summed E-state index contributed by atoms with van der Waals surface area (Å²) in [6.07, 6.45) is 1.93. The van der Waals surface area contributed by atoms with E-state index in [2.05, 4.69) is 216 Å². The summed E-state index contributed by atoms with van der Waals surface area (Å²) in [7, 11) is 1.88. The van der Waals surface area contributed by atoms with E-state index in [0.29, 0.717) is 5.69 Å². The molecule has 0 saturated carbocycles. The number of para-hydroxylation sites is 3. The second kappa shape index (κ2) is 18.6. The average molecular weight is 1050 g/mol. The topological polar surface area (TPSA) is 56.0 Å². The van der Waals surface area contributed by atoms with Crippen molar-refractivity contribution in [2.45, 2.75) is 5.41 Å².